The monoisotopic (exact) mass is 248 g/mol. The van der Waals surface area contributed by atoms with Gasteiger partial charge in [0.15, 0.2) is 11.6 Å². The molecule has 94 valence electrons. The van der Waals surface area contributed by atoms with Gasteiger partial charge in [0.05, 0.1) is 14.2 Å². The lowest BCUT2D eigenvalue weighted by Gasteiger charge is -2.09. The number of aromatic hydroxyl groups is 1. The van der Waals surface area contributed by atoms with Gasteiger partial charge in [0.2, 0.25) is 0 Å². The molecular formula is C14H13FO3. The quantitative estimate of drug-likeness (QED) is 0.906. The lowest BCUT2D eigenvalue weighted by atomic mass is 10.0. The van der Waals surface area contributed by atoms with Crippen molar-refractivity contribution in [2.75, 3.05) is 14.2 Å². The molecule has 0 saturated carbocycles. The van der Waals surface area contributed by atoms with E-state index < -0.39 is 5.82 Å². The summed E-state index contributed by atoms with van der Waals surface area (Å²) < 4.78 is 24.0. The molecule has 0 unspecified atom stereocenters. The summed E-state index contributed by atoms with van der Waals surface area (Å²) in [6.45, 7) is 0. The van der Waals surface area contributed by atoms with E-state index in [-0.39, 0.29) is 11.5 Å². The van der Waals surface area contributed by atoms with Crippen LogP contribution in [-0.2, 0) is 0 Å². The number of ether oxygens (including phenoxy) is 2. The first kappa shape index (κ1) is 12.2. The second-order valence-corrected chi connectivity index (χ2v) is 3.74. The molecule has 18 heavy (non-hydrogen) atoms. The van der Waals surface area contributed by atoms with Gasteiger partial charge in [0.25, 0.3) is 0 Å². The van der Waals surface area contributed by atoms with E-state index >= 15 is 0 Å². The fourth-order valence-corrected chi connectivity index (χ4v) is 1.75. The van der Waals surface area contributed by atoms with Crippen LogP contribution in [0.25, 0.3) is 11.1 Å². The zero-order valence-electron chi connectivity index (χ0n) is 10.1. The third kappa shape index (κ3) is 2.22. The highest BCUT2D eigenvalue weighted by Gasteiger charge is 2.11. The van der Waals surface area contributed by atoms with E-state index in [0.717, 1.165) is 0 Å². The maximum absolute atomic E-state index is 14.1. The maximum Gasteiger partial charge on any atom is 0.172 e. The van der Waals surface area contributed by atoms with E-state index in [2.05, 4.69) is 0 Å². The molecule has 2 aromatic carbocycles. The minimum absolute atomic E-state index is 0.0200. The van der Waals surface area contributed by atoms with Crippen LogP contribution < -0.4 is 9.47 Å². The van der Waals surface area contributed by atoms with Crippen molar-refractivity contribution in [3.63, 3.8) is 0 Å². The maximum atomic E-state index is 14.1. The third-order valence-corrected chi connectivity index (χ3v) is 2.62. The molecular weight excluding hydrogens is 235 g/mol. The first-order valence-electron chi connectivity index (χ1n) is 5.36. The van der Waals surface area contributed by atoms with E-state index in [9.17, 15) is 9.50 Å². The number of halogens is 1. The van der Waals surface area contributed by atoms with Crippen molar-refractivity contribution in [1.82, 2.24) is 0 Å². The Morgan fingerprint density at radius 2 is 1.83 bits per heavy atom. The molecule has 0 saturated heterocycles. The van der Waals surface area contributed by atoms with E-state index in [1.807, 2.05) is 0 Å². The Hall–Kier alpha value is -2.23. The first-order chi connectivity index (χ1) is 8.65. The Balaban J connectivity index is 2.58. The van der Waals surface area contributed by atoms with E-state index in [4.69, 9.17) is 9.47 Å². The van der Waals surface area contributed by atoms with Crippen LogP contribution in [0.4, 0.5) is 4.39 Å². The van der Waals surface area contributed by atoms with Crippen LogP contribution in [0.2, 0.25) is 0 Å². The summed E-state index contributed by atoms with van der Waals surface area (Å²) in [6, 6.07) is 9.43. The number of rotatable bonds is 3. The molecule has 0 aromatic heterocycles. The average molecular weight is 248 g/mol. The van der Waals surface area contributed by atoms with Crippen LogP contribution >= 0.6 is 0 Å². The average Bonchev–Trinajstić information content (AvgIpc) is 2.38. The second kappa shape index (κ2) is 4.96. The SMILES string of the molecule is COc1cc(O)cc(-c2cccc(OC)c2F)c1. The molecule has 0 radical (unpaired) electrons. The van der Waals surface area contributed by atoms with Gasteiger partial charge in [-0.25, -0.2) is 4.39 Å². The highest BCUT2D eigenvalue weighted by atomic mass is 19.1. The minimum atomic E-state index is -0.465. The zero-order valence-corrected chi connectivity index (χ0v) is 10.1. The van der Waals surface area contributed by atoms with Crippen LogP contribution in [0.5, 0.6) is 17.2 Å². The Bertz CT molecular complexity index is 567. The van der Waals surface area contributed by atoms with E-state index in [0.29, 0.717) is 16.9 Å². The Morgan fingerprint density at radius 1 is 1.06 bits per heavy atom. The number of hydrogen-bond acceptors (Lipinski definition) is 3. The Kier molecular flexibility index (Phi) is 3.37. The van der Waals surface area contributed by atoms with Crippen molar-refractivity contribution >= 4 is 0 Å². The fourth-order valence-electron chi connectivity index (χ4n) is 1.75. The van der Waals surface area contributed by atoms with Gasteiger partial charge in [-0.15, -0.1) is 0 Å². The van der Waals surface area contributed by atoms with Crippen LogP contribution in [0, 0.1) is 5.82 Å². The summed E-state index contributed by atoms with van der Waals surface area (Å²) in [5.41, 5.74) is 0.881. The van der Waals surface area contributed by atoms with Crippen molar-refractivity contribution in [2.24, 2.45) is 0 Å². The summed E-state index contributed by atoms with van der Waals surface area (Å²) in [6.07, 6.45) is 0. The molecule has 0 spiro atoms. The van der Waals surface area contributed by atoms with Crippen molar-refractivity contribution in [2.45, 2.75) is 0 Å². The summed E-state index contributed by atoms with van der Waals surface area (Å²) in [7, 11) is 2.89. The second-order valence-electron chi connectivity index (χ2n) is 3.74. The topological polar surface area (TPSA) is 38.7 Å². The summed E-state index contributed by atoms with van der Waals surface area (Å²) in [4.78, 5) is 0. The summed E-state index contributed by atoms with van der Waals surface area (Å²) >= 11 is 0. The molecule has 4 heteroatoms. The lowest BCUT2D eigenvalue weighted by molar-refractivity contribution is 0.387. The van der Waals surface area contributed by atoms with Crippen LogP contribution in [0.15, 0.2) is 36.4 Å². The molecule has 1 N–H and O–H groups in total. The standard InChI is InChI=1S/C14H13FO3/c1-17-11-7-9(6-10(16)8-11)12-4-3-5-13(18-2)14(12)15/h3-8,16H,1-2H3. The van der Waals surface area contributed by atoms with Crippen LogP contribution in [0.3, 0.4) is 0 Å². The normalized spacial score (nSPS) is 10.2. The van der Waals surface area contributed by atoms with Gasteiger partial charge in [-0.3, -0.25) is 0 Å². The van der Waals surface area contributed by atoms with Crippen molar-refractivity contribution in [3.8, 4) is 28.4 Å². The molecule has 0 atom stereocenters. The van der Waals surface area contributed by atoms with Crippen LogP contribution in [0.1, 0.15) is 0 Å². The highest BCUT2D eigenvalue weighted by Crippen LogP contribution is 2.33. The zero-order chi connectivity index (χ0) is 13.1. The molecule has 0 amide bonds. The largest absolute Gasteiger partial charge is 0.508 e. The lowest BCUT2D eigenvalue weighted by Crippen LogP contribution is -1.92. The van der Waals surface area contributed by atoms with Crippen LogP contribution in [-0.4, -0.2) is 19.3 Å². The van der Waals surface area contributed by atoms with Crippen molar-refractivity contribution < 1.29 is 19.0 Å². The Labute approximate surface area is 104 Å². The summed E-state index contributed by atoms with van der Waals surface area (Å²) in [5, 5.41) is 9.57. The van der Waals surface area contributed by atoms with Crippen molar-refractivity contribution in [1.29, 1.82) is 0 Å². The third-order valence-electron chi connectivity index (χ3n) is 2.62. The molecule has 0 aliphatic carbocycles. The predicted molar refractivity (Wildman–Crippen MR) is 66.6 cm³/mol. The number of hydrogen-bond donors (Lipinski definition) is 1. The van der Waals surface area contributed by atoms with E-state index in [1.165, 1.54) is 26.4 Å². The molecule has 3 nitrogen and oxygen atoms in total. The van der Waals surface area contributed by atoms with Gasteiger partial charge in [-0.1, -0.05) is 12.1 Å². The number of phenolic OH excluding ortho intramolecular Hbond substituents is 1. The minimum Gasteiger partial charge on any atom is -0.508 e. The van der Waals surface area contributed by atoms with Gasteiger partial charge < -0.3 is 14.6 Å². The number of methoxy groups -OCH3 is 2. The predicted octanol–water partition coefficient (Wildman–Crippen LogP) is 3.22. The summed E-state index contributed by atoms with van der Waals surface area (Å²) in [5.74, 6) is 0.182. The van der Waals surface area contributed by atoms with Gasteiger partial charge in [0, 0.05) is 11.6 Å². The van der Waals surface area contributed by atoms with Gasteiger partial charge in [0.1, 0.15) is 11.5 Å². The number of benzene rings is 2. The fraction of sp³-hybridized carbons (Fsp3) is 0.143. The molecule has 0 aliphatic rings. The first-order valence-corrected chi connectivity index (χ1v) is 5.36. The molecule has 0 bridgehead atoms. The molecule has 2 aromatic rings. The smallest absolute Gasteiger partial charge is 0.172 e. The number of phenols is 1. The highest BCUT2D eigenvalue weighted by molar-refractivity contribution is 5.69. The van der Waals surface area contributed by atoms with E-state index in [1.54, 1.807) is 24.3 Å². The van der Waals surface area contributed by atoms with Gasteiger partial charge >= 0.3 is 0 Å². The molecule has 0 fully saturated rings. The molecule has 0 aliphatic heterocycles. The molecule has 0 heterocycles. The molecule has 2 rings (SSSR count). The van der Waals surface area contributed by atoms with Gasteiger partial charge in [-0.2, -0.15) is 0 Å². The Morgan fingerprint density at radius 3 is 2.50 bits per heavy atom. The van der Waals surface area contributed by atoms with Gasteiger partial charge in [-0.05, 0) is 23.8 Å². The van der Waals surface area contributed by atoms with Crippen molar-refractivity contribution in [3.05, 3.63) is 42.2 Å².